The van der Waals surface area contributed by atoms with Crippen LogP contribution in [0.25, 0.3) is 0 Å². The number of amides is 1. The normalized spacial score (nSPS) is 18.1. The molecule has 0 saturated carbocycles. The molecule has 0 aliphatic carbocycles. The molecule has 1 aromatic rings. The van der Waals surface area contributed by atoms with Gasteiger partial charge in [-0.25, -0.2) is 0 Å². The van der Waals surface area contributed by atoms with Crippen LogP contribution in [0.5, 0.6) is 0 Å². The Hall–Kier alpha value is -2.01. The van der Waals surface area contributed by atoms with Gasteiger partial charge in [-0.2, -0.15) is 0 Å². The lowest BCUT2D eigenvalue weighted by Crippen LogP contribution is -2.49. The number of carbonyl (C=O) groups excluding carboxylic acids is 1. The fourth-order valence-corrected chi connectivity index (χ4v) is 1.91. The summed E-state index contributed by atoms with van der Waals surface area (Å²) in [5.74, 6) is -0.589. The van der Waals surface area contributed by atoms with Crippen LogP contribution >= 0.6 is 0 Å². The van der Waals surface area contributed by atoms with Crippen LogP contribution in [0.4, 0.5) is 5.69 Å². The summed E-state index contributed by atoms with van der Waals surface area (Å²) < 4.78 is 5.30. The Morgan fingerprint density at radius 1 is 1.48 bits per heavy atom. The van der Waals surface area contributed by atoms with Gasteiger partial charge < -0.3 is 25.4 Å². The lowest BCUT2D eigenvalue weighted by Gasteiger charge is -2.24. The predicted octanol–water partition coefficient (Wildman–Crippen LogP) is -2.05. The molecule has 21 heavy (non-hydrogen) atoms. The van der Waals surface area contributed by atoms with Crippen molar-refractivity contribution in [3.8, 4) is 0 Å². The molecule has 112 valence electrons. The molecule has 0 unspecified atom stereocenters. The third-order valence-corrected chi connectivity index (χ3v) is 2.93. The van der Waals surface area contributed by atoms with Crippen molar-refractivity contribution in [3.05, 3.63) is 33.9 Å². The Balaban J connectivity index is 2.20. The van der Waals surface area contributed by atoms with E-state index in [-0.39, 0.29) is 11.0 Å². The second-order valence-electron chi connectivity index (χ2n) is 4.48. The summed E-state index contributed by atoms with van der Waals surface area (Å²) in [6.07, 6.45) is -0.534. The number of nitro groups is 1. The molecule has 1 saturated heterocycles. The van der Waals surface area contributed by atoms with E-state index in [0.717, 1.165) is 12.1 Å². The standard InChI is InChI=1S/C11H14BN3O6/c16-11(14-10-6-13-1-2-21-10)7-3-8(12(17)18)5-9(4-7)15(19)20/h3-5,10,13,17-18H,1-2,6H2,(H,14,16)/t10-/m1/s1. The Morgan fingerprint density at radius 3 is 2.81 bits per heavy atom. The molecule has 0 aromatic heterocycles. The highest BCUT2D eigenvalue weighted by molar-refractivity contribution is 6.58. The molecule has 9 nitrogen and oxygen atoms in total. The van der Waals surface area contributed by atoms with E-state index in [4.69, 9.17) is 14.8 Å². The zero-order valence-electron chi connectivity index (χ0n) is 11.0. The first kappa shape index (κ1) is 15.4. The highest BCUT2D eigenvalue weighted by atomic mass is 16.6. The van der Waals surface area contributed by atoms with Gasteiger partial charge in [-0.1, -0.05) is 0 Å². The van der Waals surface area contributed by atoms with E-state index in [2.05, 4.69) is 10.6 Å². The highest BCUT2D eigenvalue weighted by Gasteiger charge is 2.22. The van der Waals surface area contributed by atoms with E-state index in [9.17, 15) is 14.9 Å². The van der Waals surface area contributed by atoms with E-state index < -0.39 is 29.9 Å². The van der Waals surface area contributed by atoms with E-state index in [1.165, 1.54) is 6.07 Å². The average molecular weight is 295 g/mol. The zero-order valence-corrected chi connectivity index (χ0v) is 11.0. The van der Waals surface area contributed by atoms with E-state index in [0.29, 0.717) is 19.7 Å². The molecule has 10 heteroatoms. The molecular formula is C11H14BN3O6. The van der Waals surface area contributed by atoms with Crippen LogP contribution in [-0.2, 0) is 4.74 Å². The van der Waals surface area contributed by atoms with Crippen molar-refractivity contribution in [1.82, 2.24) is 10.6 Å². The largest absolute Gasteiger partial charge is 0.488 e. The number of hydrogen-bond donors (Lipinski definition) is 4. The Bertz CT molecular complexity index is 547. The number of benzene rings is 1. The molecule has 0 bridgehead atoms. The molecular weight excluding hydrogens is 281 g/mol. The number of ether oxygens (including phenoxy) is 1. The van der Waals surface area contributed by atoms with Crippen molar-refractivity contribution < 1.29 is 24.5 Å². The summed E-state index contributed by atoms with van der Waals surface area (Å²) in [4.78, 5) is 22.2. The minimum atomic E-state index is -1.90. The number of non-ortho nitro benzene ring substituents is 1. The summed E-state index contributed by atoms with van der Waals surface area (Å²) in [5.41, 5.74) is -0.563. The van der Waals surface area contributed by atoms with Gasteiger partial charge in [0.25, 0.3) is 11.6 Å². The average Bonchev–Trinajstić information content (AvgIpc) is 2.47. The van der Waals surface area contributed by atoms with Crippen molar-refractivity contribution in [2.24, 2.45) is 0 Å². The SMILES string of the molecule is O=C(N[C@H]1CNCCO1)c1cc(B(O)O)cc([N+](=O)[O-])c1. The summed E-state index contributed by atoms with van der Waals surface area (Å²) >= 11 is 0. The second-order valence-corrected chi connectivity index (χ2v) is 4.48. The van der Waals surface area contributed by atoms with Crippen LogP contribution in [0, 0.1) is 10.1 Å². The predicted molar refractivity (Wildman–Crippen MR) is 73.0 cm³/mol. The van der Waals surface area contributed by atoms with Gasteiger partial charge in [0.15, 0.2) is 0 Å². The first-order chi connectivity index (χ1) is 9.97. The fraction of sp³-hybridized carbons (Fsp3) is 0.364. The molecule has 1 aliphatic rings. The van der Waals surface area contributed by atoms with Gasteiger partial charge in [0.05, 0.1) is 11.5 Å². The molecule has 1 fully saturated rings. The summed E-state index contributed by atoms with van der Waals surface area (Å²) in [6, 6.07) is 3.25. The number of nitrogens with zero attached hydrogens (tertiary/aromatic N) is 1. The van der Waals surface area contributed by atoms with E-state index in [1.54, 1.807) is 0 Å². The number of morpholine rings is 1. The molecule has 0 radical (unpaired) electrons. The number of nitrogens with one attached hydrogen (secondary N) is 2. The maximum absolute atomic E-state index is 12.1. The van der Waals surface area contributed by atoms with Crippen molar-refractivity contribution in [1.29, 1.82) is 0 Å². The van der Waals surface area contributed by atoms with Crippen LogP contribution in [0.2, 0.25) is 0 Å². The molecule has 2 rings (SSSR count). The van der Waals surface area contributed by atoms with Crippen molar-refractivity contribution >= 4 is 24.2 Å². The highest BCUT2D eigenvalue weighted by Crippen LogP contribution is 2.12. The van der Waals surface area contributed by atoms with E-state index in [1.807, 2.05) is 0 Å². The number of carbonyl (C=O) groups is 1. The lowest BCUT2D eigenvalue weighted by molar-refractivity contribution is -0.384. The van der Waals surface area contributed by atoms with Crippen LogP contribution < -0.4 is 16.1 Å². The maximum Gasteiger partial charge on any atom is 0.488 e. The Morgan fingerprint density at radius 2 is 2.24 bits per heavy atom. The van der Waals surface area contributed by atoms with Crippen molar-refractivity contribution in [2.75, 3.05) is 19.7 Å². The van der Waals surface area contributed by atoms with Crippen LogP contribution in [0.3, 0.4) is 0 Å². The zero-order chi connectivity index (χ0) is 15.4. The molecule has 1 amide bonds. The van der Waals surface area contributed by atoms with Gasteiger partial charge >= 0.3 is 7.12 Å². The second kappa shape index (κ2) is 6.63. The van der Waals surface area contributed by atoms with Gasteiger partial charge in [-0.3, -0.25) is 14.9 Å². The van der Waals surface area contributed by atoms with Gasteiger partial charge in [-0.05, 0) is 11.5 Å². The fourth-order valence-electron chi connectivity index (χ4n) is 1.91. The summed E-state index contributed by atoms with van der Waals surface area (Å²) in [6.45, 7) is 1.56. The molecule has 1 atom stereocenters. The van der Waals surface area contributed by atoms with Gasteiger partial charge in [-0.15, -0.1) is 0 Å². The summed E-state index contributed by atoms with van der Waals surface area (Å²) in [7, 11) is -1.90. The van der Waals surface area contributed by atoms with E-state index >= 15 is 0 Å². The van der Waals surface area contributed by atoms with Gasteiger partial charge in [0.1, 0.15) is 6.23 Å². The molecule has 1 aliphatic heterocycles. The topological polar surface area (TPSA) is 134 Å². The monoisotopic (exact) mass is 295 g/mol. The molecule has 1 aromatic carbocycles. The summed E-state index contributed by atoms with van der Waals surface area (Å²) in [5, 5.41) is 34.6. The third kappa shape index (κ3) is 3.98. The molecule has 0 spiro atoms. The van der Waals surface area contributed by atoms with Crippen LogP contribution in [-0.4, -0.2) is 53.9 Å². The van der Waals surface area contributed by atoms with Crippen molar-refractivity contribution in [2.45, 2.75) is 6.23 Å². The minimum absolute atomic E-state index is 0.0403. The quantitative estimate of drug-likeness (QED) is 0.285. The number of rotatable bonds is 4. The van der Waals surface area contributed by atoms with Crippen molar-refractivity contribution in [3.63, 3.8) is 0 Å². The van der Waals surface area contributed by atoms with Gasteiger partial charge in [0.2, 0.25) is 0 Å². The third-order valence-electron chi connectivity index (χ3n) is 2.93. The molecule has 1 heterocycles. The number of hydrogen-bond acceptors (Lipinski definition) is 7. The molecule has 4 N–H and O–H groups in total. The first-order valence-corrected chi connectivity index (χ1v) is 6.26. The van der Waals surface area contributed by atoms with Gasteiger partial charge in [0, 0.05) is 30.8 Å². The maximum atomic E-state index is 12.1. The first-order valence-electron chi connectivity index (χ1n) is 6.26. The minimum Gasteiger partial charge on any atom is -0.423 e. The Labute approximate surface area is 120 Å². The smallest absolute Gasteiger partial charge is 0.423 e. The Kier molecular flexibility index (Phi) is 4.86. The number of nitro benzene ring substituents is 1. The van der Waals surface area contributed by atoms with Crippen LogP contribution in [0.15, 0.2) is 18.2 Å². The lowest BCUT2D eigenvalue weighted by atomic mass is 9.79. The van der Waals surface area contributed by atoms with Crippen LogP contribution in [0.1, 0.15) is 10.4 Å².